The number of thiazole rings is 1. The maximum absolute atomic E-state index is 12.7. The van der Waals surface area contributed by atoms with Crippen molar-refractivity contribution >= 4 is 22.9 Å². The molecule has 5 nitrogen and oxygen atoms in total. The summed E-state index contributed by atoms with van der Waals surface area (Å²) in [5.41, 5.74) is 1.97. The molecule has 11 heteroatoms. The summed E-state index contributed by atoms with van der Waals surface area (Å²) in [6.45, 7) is 0.182. The van der Waals surface area contributed by atoms with Crippen LogP contribution in [0.15, 0.2) is 35.6 Å². The van der Waals surface area contributed by atoms with E-state index in [9.17, 15) is 22.0 Å². The van der Waals surface area contributed by atoms with E-state index in [1.54, 1.807) is 0 Å². The number of rotatable bonds is 5. The first-order valence-electron chi connectivity index (χ1n) is 6.96. The summed E-state index contributed by atoms with van der Waals surface area (Å²) >= 11 is 1.17. The fourth-order valence-electron chi connectivity index (χ4n) is 2.03. The van der Waals surface area contributed by atoms with Gasteiger partial charge in [0.25, 0.3) is 5.90 Å². The molecule has 0 saturated heterocycles. The molecule has 1 aromatic carbocycles. The molecule has 1 atom stereocenters. The van der Waals surface area contributed by atoms with Crippen LogP contribution in [0.5, 0.6) is 0 Å². The molecule has 0 bridgehead atoms. The van der Waals surface area contributed by atoms with Crippen molar-refractivity contribution in [3.63, 3.8) is 0 Å². The summed E-state index contributed by atoms with van der Waals surface area (Å²) in [7, 11) is 0. The summed E-state index contributed by atoms with van der Waals surface area (Å²) in [5, 5.41) is 6.78. The molecular formula is C14H11F5N4OS. The van der Waals surface area contributed by atoms with E-state index in [1.807, 2.05) is 0 Å². The Morgan fingerprint density at radius 2 is 2.12 bits per heavy atom. The zero-order chi connectivity index (χ0) is 18.0. The SMILES string of the molecule is FC(F)C1=NNC(c2cnc(CNc3cccc(C(F)(F)F)c3)s2)O1. The van der Waals surface area contributed by atoms with E-state index in [1.165, 1.54) is 29.7 Å². The second kappa shape index (κ2) is 6.82. The van der Waals surface area contributed by atoms with Gasteiger partial charge >= 0.3 is 12.6 Å². The molecule has 134 valence electrons. The van der Waals surface area contributed by atoms with Gasteiger partial charge in [-0.15, -0.1) is 16.4 Å². The quantitative estimate of drug-likeness (QED) is 0.773. The molecule has 0 aliphatic carbocycles. The molecule has 0 amide bonds. The van der Waals surface area contributed by atoms with Gasteiger partial charge in [0.1, 0.15) is 5.01 Å². The monoisotopic (exact) mass is 378 g/mol. The number of alkyl halides is 5. The number of halogens is 5. The number of hydrogen-bond acceptors (Lipinski definition) is 6. The topological polar surface area (TPSA) is 58.5 Å². The zero-order valence-corrected chi connectivity index (χ0v) is 13.2. The van der Waals surface area contributed by atoms with Gasteiger partial charge in [-0.25, -0.2) is 4.98 Å². The number of anilines is 1. The summed E-state index contributed by atoms with van der Waals surface area (Å²) in [6.07, 6.45) is -6.63. The standard InChI is InChI=1S/C14H11F5N4OS/c15-11(16)13-23-22-12(24-13)9-5-21-10(25-9)6-20-8-3-1-2-7(4-8)14(17,18)19/h1-5,11-12,20,22H,6H2. The van der Waals surface area contributed by atoms with Crippen molar-refractivity contribution in [2.24, 2.45) is 5.10 Å². The average molecular weight is 378 g/mol. The van der Waals surface area contributed by atoms with Gasteiger partial charge in [0, 0.05) is 11.9 Å². The minimum atomic E-state index is -4.42. The first-order chi connectivity index (χ1) is 11.8. The van der Waals surface area contributed by atoms with Crippen molar-refractivity contribution in [1.82, 2.24) is 10.4 Å². The van der Waals surface area contributed by atoms with Crippen molar-refractivity contribution in [3.8, 4) is 0 Å². The van der Waals surface area contributed by atoms with Gasteiger partial charge in [0.15, 0.2) is 0 Å². The van der Waals surface area contributed by atoms with Crippen LogP contribution in [0.2, 0.25) is 0 Å². The largest absolute Gasteiger partial charge is 0.445 e. The van der Waals surface area contributed by atoms with E-state index in [-0.39, 0.29) is 6.54 Å². The fraction of sp³-hybridized carbons (Fsp3) is 0.286. The normalized spacial score (nSPS) is 17.2. The number of nitrogens with one attached hydrogen (secondary N) is 2. The van der Waals surface area contributed by atoms with Crippen LogP contribution in [0, 0.1) is 0 Å². The Morgan fingerprint density at radius 3 is 2.80 bits per heavy atom. The predicted molar refractivity (Wildman–Crippen MR) is 81.3 cm³/mol. The van der Waals surface area contributed by atoms with E-state index in [4.69, 9.17) is 4.74 Å². The van der Waals surface area contributed by atoms with E-state index in [0.29, 0.717) is 15.6 Å². The van der Waals surface area contributed by atoms with Crippen LogP contribution >= 0.6 is 11.3 Å². The number of nitrogens with zero attached hydrogens (tertiary/aromatic N) is 2. The van der Waals surface area contributed by atoms with Crippen LogP contribution in [0.1, 0.15) is 21.7 Å². The summed E-state index contributed by atoms with van der Waals surface area (Å²) in [5.74, 6) is -0.693. The summed E-state index contributed by atoms with van der Waals surface area (Å²) in [4.78, 5) is 4.62. The molecule has 0 spiro atoms. The first kappa shape index (κ1) is 17.4. The lowest BCUT2D eigenvalue weighted by atomic mass is 10.2. The molecule has 0 radical (unpaired) electrons. The number of ether oxygens (including phenoxy) is 1. The molecule has 2 heterocycles. The van der Waals surface area contributed by atoms with Gasteiger partial charge in [0.2, 0.25) is 6.23 Å². The highest BCUT2D eigenvalue weighted by atomic mass is 32.1. The third-order valence-corrected chi connectivity index (χ3v) is 4.22. The lowest BCUT2D eigenvalue weighted by Gasteiger charge is -2.10. The Bertz CT molecular complexity index is 777. The molecule has 1 aliphatic heterocycles. The third kappa shape index (κ3) is 4.16. The Hall–Kier alpha value is -2.43. The van der Waals surface area contributed by atoms with Gasteiger partial charge in [-0.2, -0.15) is 22.0 Å². The second-order valence-corrected chi connectivity index (χ2v) is 6.11. The van der Waals surface area contributed by atoms with Gasteiger partial charge in [-0.05, 0) is 18.2 Å². The van der Waals surface area contributed by atoms with Gasteiger partial charge < -0.3 is 10.1 Å². The Balaban J connectivity index is 1.60. The fourth-order valence-corrected chi connectivity index (χ4v) is 2.86. The number of aromatic nitrogens is 1. The molecule has 0 saturated carbocycles. The van der Waals surface area contributed by atoms with Gasteiger partial charge in [0.05, 0.1) is 17.0 Å². The van der Waals surface area contributed by atoms with E-state index < -0.39 is 30.3 Å². The van der Waals surface area contributed by atoms with Gasteiger partial charge in [-0.3, -0.25) is 5.43 Å². The van der Waals surface area contributed by atoms with Crippen LogP contribution in [-0.2, 0) is 17.5 Å². The van der Waals surface area contributed by atoms with Crippen LogP contribution in [0.4, 0.5) is 27.6 Å². The van der Waals surface area contributed by atoms with Crippen molar-refractivity contribution in [3.05, 3.63) is 45.9 Å². The number of hydrogen-bond donors (Lipinski definition) is 2. The summed E-state index contributed by atoms with van der Waals surface area (Å²) < 4.78 is 67.9. The minimum Gasteiger partial charge on any atom is -0.445 e. The van der Waals surface area contributed by atoms with E-state index >= 15 is 0 Å². The lowest BCUT2D eigenvalue weighted by Crippen LogP contribution is -2.13. The highest BCUT2D eigenvalue weighted by Crippen LogP contribution is 2.31. The molecule has 1 aromatic heterocycles. The smallest absolute Gasteiger partial charge is 0.416 e. The molecule has 1 unspecified atom stereocenters. The van der Waals surface area contributed by atoms with E-state index in [2.05, 4.69) is 20.8 Å². The summed E-state index contributed by atoms with van der Waals surface area (Å²) in [6, 6.07) is 4.79. The third-order valence-electron chi connectivity index (χ3n) is 3.18. The van der Waals surface area contributed by atoms with Crippen LogP contribution < -0.4 is 10.7 Å². The zero-order valence-electron chi connectivity index (χ0n) is 12.3. The molecular weight excluding hydrogens is 367 g/mol. The molecule has 0 fully saturated rings. The highest BCUT2D eigenvalue weighted by Gasteiger charge is 2.30. The maximum atomic E-state index is 12.7. The Labute approximate surface area is 142 Å². The molecule has 2 N–H and O–H groups in total. The Kier molecular flexibility index (Phi) is 4.75. The van der Waals surface area contributed by atoms with E-state index in [0.717, 1.165) is 12.1 Å². The van der Waals surface area contributed by atoms with Crippen LogP contribution in [0.25, 0.3) is 0 Å². The Morgan fingerprint density at radius 1 is 1.32 bits per heavy atom. The lowest BCUT2D eigenvalue weighted by molar-refractivity contribution is -0.137. The van der Waals surface area contributed by atoms with Crippen LogP contribution in [-0.4, -0.2) is 17.3 Å². The first-order valence-corrected chi connectivity index (χ1v) is 7.78. The van der Waals surface area contributed by atoms with Gasteiger partial charge in [-0.1, -0.05) is 6.07 Å². The van der Waals surface area contributed by atoms with Crippen molar-refractivity contribution in [2.75, 3.05) is 5.32 Å². The molecule has 2 aromatic rings. The molecule has 25 heavy (non-hydrogen) atoms. The van der Waals surface area contributed by atoms with Crippen molar-refractivity contribution in [2.45, 2.75) is 25.4 Å². The average Bonchev–Trinajstić information content (AvgIpc) is 3.21. The second-order valence-electron chi connectivity index (χ2n) is 4.97. The van der Waals surface area contributed by atoms with Crippen molar-refractivity contribution < 1.29 is 26.7 Å². The predicted octanol–water partition coefficient (Wildman–Crippen LogP) is 3.97. The minimum absolute atomic E-state index is 0.182. The maximum Gasteiger partial charge on any atom is 0.416 e. The number of benzene rings is 1. The number of hydrazone groups is 1. The molecule has 3 rings (SSSR count). The highest BCUT2D eigenvalue weighted by molar-refractivity contribution is 7.11. The van der Waals surface area contributed by atoms with Crippen molar-refractivity contribution in [1.29, 1.82) is 0 Å². The molecule has 1 aliphatic rings. The van der Waals surface area contributed by atoms with Crippen LogP contribution in [0.3, 0.4) is 0 Å².